The van der Waals surface area contributed by atoms with Gasteiger partial charge in [-0.05, 0) is 30.2 Å². The second kappa shape index (κ2) is 5.24. The van der Waals surface area contributed by atoms with E-state index in [9.17, 15) is 4.79 Å². The Morgan fingerprint density at radius 1 is 1.19 bits per heavy atom. The molecule has 2 aliphatic rings. The Bertz CT molecular complexity index is 665. The van der Waals surface area contributed by atoms with Crippen LogP contribution in [-0.2, 0) is 14.3 Å². The number of carbonyl (C=O) groups is 1. The topological polar surface area (TPSA) is 35.5 Å². The van der Waals surface area contributed by atoms with Crippen molar-refractivity contribution in [2.45, 2.75) is 20.0 Å². The third kappa shape index (κ3) is 2.29. The molecule has 0 N–H and O–H groups in total. The van der Waals surface area contributed by atoms with Gasteiger partial charge < -0.3 is 9.47 Å². The first kappa shape index (κ1) is 13.7. The zero-order valence-electron chi connectivity index (χ0n) is 12.4. The Labute approximate surface area is 124 Å². The molecular formula is C18H18O3. The van der Waals surface area contributed by atoms with Crippen LogP contribution in [0.3, 0.4) is 0 Å². The van der Waals surface area contributed by atoms with E-state index in [1.807, 2.05) is 56.3 Å². The zero-order valence-corrected chi connectivity index (χ0v) is 12.4. The van der Waals surface area contributed by atoms with Gasteiger partial charge in [0.25, 0.3) is 0 Å². The summed E-state index contributed by atoms with van der Waals surface area (Å²) in [6.07, 6.45) is 3.65. The minimum absolute atomic E-state index is 0.153. The molecule has 0 aromatic heterocycles. The monoisotopic (exact) mass is 282 g/mol. The number of Topliss-reactive ketones (excluding diaryl/α,β-unsaturated/α-hetero) is 1. The summed E-state index contributed by atoms with van der Waals surface area (Å²) in [5.74, 6) is 1.37. The zero-order chi connectivity index (χ0) is 15.0. The molecule has 21 heavy (non-hydrogen) atoms. The normalized spacial score (nSPS) is 24.8. The number of hydrogen-bond donors (Lipinski definition) is 0. The molecule has 0 radical (unpaired) electrons. The quantitative estimate of drug-likeness (QED) is 0.833. The Hall–Kier alpha value is -2.29. The van der Waals surface area contributed by atoms with Gasteiger partial charge in [-0.1, -0.05) is 37.3 Å². The van der Waals surface area contributed by atoms with Gasteiger partial charge in [-0.25, -0.2) is 0 Å². The summed E-state index contributed by atoms with van der Waals surface area (Å²) < 4.78 is 11.6. The highest BCUT2D eigenvalue weighted by Crippen LogP contribution is 2.37. The number of carbonyl (C=O) groups excluding carboxylic acids is 1. The van der Waals surface area contributed by atoms with Gasteiger partial charge in [0.15, 0.2) is 17.3 Å². The van der Waals surface area contributed by atoms with Crippen LogP contribution in [0.2, 0.25) is 0 Å². The molecular weight excluding hydrogens is 264 g/mol. The summed E-state index contributed by atoms with van der Waals surface area (Å²) in [7, 11) is 1.62. The molecule has 0 amide bonds. The molecule has 0 saturated heterocycles. The first-order valence-electron chi connectivity index (χ1n) is 7.06. The predicted octanol–water partition coefficient (Wildman–Crippen LogP) is 3.49. The maximum atomic E-state index is 12.1. The number of ether oxygens (including phenoxy) is 2. The summed E-state index contributed by atoms with van der Waals surface area (Å²) in [5, 5.41) is 0. The van der Waals surface area contributed by atoms with Crippen molar-refractivity contribution in [3.63, 3.8) is 0 Å². The SMILES string of the molecule is COC1=C(c2ccccc2)OC2C=C(C)C(=O)C(C)C2=C1. The van der Waals surface area contributed by atoms with Crippen molar-refractivity contribution in [3.05, 3.63) is 65.0 Å². The first-order chi connectivity index (χ1) is 10.1. The van der Waals surface area contributed by atoms with E-state index in [-0.39, 0.29) is 17.8 Å². The van der Waals surface area contributed by atoms with Gasteiger partial charge in [0.2, 0.25) is 0 Å². The largest absolute Gasteiger partial charge is 0.493 e. The van der Waals surface area contributed by atoms with Crippen LogP contribution in [0.4, 0.5) is 0 Å². The van der Waals surface area contributed by atoms with E-state index in [0.717, 1.165) is 22.5 Å². The Morgan fingerprint density at radius 2 is 1.90 bits per heavy atom. The van der Waals surface area contributed by atoms with Crippen LogP contribution in [0, 0.1) is 5.92 Å². The molecule has 1 aromatic rings. The number of ketones is 1. The second-order valence-corrected chi connectivity index (χ2v) is 5.38. The van der Waals surface area contributed by atoms with Crippen molar-refractivity contribution < 1.29 is 14.3 Å². The van der Waals surface area contributed by atoms with Crippen LogP contribution in [0.5, 0.6) is 0 Å². The number of fused-ring (bicyclic) bond motifs is 1. The van der Waals surface area contributed by atoms with Gasteiger partial charge in [-0.15, -0.1) is 0 Å². The number of methoxy groups -OCH3 is 1. The smallest absolute Gasteiger partial charge is 0.169 e. The molecule has 108 valence electrons. The van der Waals surface area contributed by atoms with Gasteiger partial charge >= 0.3 is 0 Å². The van der Waals surface area contributed by atoms with Crippen LogP contribution in [0.15, 0.2) is 59.4 Å². The molecule has 1 aliphatic heterocycles. The minimum Gasteiger partial charge on any atom is -0.493 e. The molecule has 3 rings (SSSR count). The number of benzene rings is 1. The lowest BCUT2D eigenvalue weighted by Crippen LogP contribution is -2.31. The van der Waals surface area contributed by atoms with Crippen molar-refractivity contribution in [1.82, 2.24) is 0 Å². The molecule has 0 spiro atoms. The summed E-state index contributed by atoms with van der Waals surface area (Å²) in [6, 6.07) is 9.87. The average molecular weight is 282 g/mol. The molecule has 3 heteroatoms. The van der Waals surface area contributed by atoms with Crippen molar-refractivity contribution in [2.75, 3.05) is 7.11 Å². The number of allylic oxidation sites excluding steroid dienone is 2. The fourth-order valence-electron chi connectivity index (χ4n) is 2.81. The summed E-state index contributed by atoms with van der Waals surface area (Å²) in [4.78, 5) is 12.1. The molecule has 0 fully saturated rings. The van der Waals surface area contributed by atoms with E-state index in [1.165, 1.54) is 0 Å². The lowest BCUT2D eigenvalue weighted by molar-refractivity contribution is -0.118. The van der Waals surface area contributed by atoms with Crippen LogP contribution in [-0.4, -0.2) is 19.0 Å². The third-order valence-corrected chi connectivity index (χ3v) is 4.03. The van der Waals surface area contributed by atoms with Gasteiger partial charge in [0, 0.05) is 11.5 Å². The van der Waals surface area contributed by atoms with Crippen molar-refractivity contribution in [1.29, 1.82) is 0 Å². The standard InChI is InChI=1S/C18H18O3/c1-11-9-15-14(12(2)17(11)19)10-16(20-3)18(21-15)13-7-5-4-6-8-13/h4-10,12,15H,1-3H3. The fraction of sp³-hybridized carbons (Fsp3) is 0.278. The van der Waals surface area contributed by atoms with Crippen LogP contribution in [0.25, 0.3) is 5.76 Å². The van der Waals surface area contributed by atoms with Crippen LogP contribution < -0.4 is 0 Å². The van der Waals surface area contributed by atoms with E-state index >= 15 is 0 Å². The third-order valence-electron chi connectivity index (χ3n) is 4.03. The van der Waals surface area contributed by atoms with Gasteiger partial charge in [0.05, 0.1) is 7.11 Å². The molecule has 0 bridgehead atoms. The van der Waals surface area contributed by atoms with Gasteiger partial charge in [-0.3, -0.25) is 4.79 Å². The van der Waals surface area contributed by atoms with Crippen LogP contribution in [0.1, 0.15) is 19.4 Å². The summed E-state index contributed by atoms with van der Waals surface area (Å²) in [6.45, 7) is 3.76. The van der Waals surface area contributed by atoms with Gasteiger partial charge in [-0.2, -0.15) is 0 Å². The number of hydrogen-bond acceptors (Lipinski definition) is 3. The van der Waals surface area contributed by atoms with Gasteiger partial charge in [0.1, 0.15) is 6.10 Å². The van der Waals surface area contributed by atoms with E-state index in [1.54, 1.807) is 7.11 Å². The fourth-order valence-corrected chi connectivity index (χ4v) is 2.81. The van der Waals surface area contributed by atoms with Crippen molar-refractivity contribution >= 4 is 11.5 Å². The van der Waals surface area contributed by atoms with Crippen LogP contribution >= 0.6 is 0 Å². The van der Waals surface area contributed by atoms with Crippen molar-refractivity contribution in [2.24, 2.45) is 5.92 Å². The number of rotatable bonds is 2. The highest BCUT2D eigenvalue weighted by molar-refractivity contribution is 6.00. The molecule has 3 nitrogen and oxygen atoms in total. The summed E-state index contributed by atoms with van der Waals surface area (Å²) >= 11 is 0. The van der Waals surface area contributed by atoms with E-state index in [2.05, 4.69) is 0 Å². The first-order valence-corrected chi connectivity index (χ1v) is 7.06. The Morgan fingerprint density at radius 3 is 2.57 bits per heavy atom. The second-order valence-electron chi connectivity index (χ2n) is 5.38. The van der Waals surface area contributed by atoms with Crippen molar-refractivity contribution in [3.8, 4) is 0 Å². The van der Waals surface area contributed by atoms with E-state index in [4.69, 9.17) is 9.47 Å². The molecule has 2 unspecified atom stereocenters. The maximum Gasteiger partial charge on any atom is 0.169 e. The predicted molar refractivity (Wildman–Crippen MR) is 81.3 cm³/mol. The highest BCUT2D eigenvalue weighted by atomic mass is 16.5. The average Bonchev–Trinajstić information content (AvgIpc) is 2.52. The maximum absolute atomic E-state index is 12.1. The lowest BCUT2D eigenvalue weighted by Gasteiger charge is -2.33. The molecule has 1 heterocycles. The molecule has 1 aliphatic carbocycles. The summed E-state index contributed by atoms with van der Waals surface area (Å²) in [5.41, 5.74) is 2.69. The minimum atomic E-state index is -0.188. The molecule has 0 saturated carbocycles. The van der Waals surface area contributed by atoms with E-state index < -0.39 is 0 Å². The molecule has 2 atom stereocenters. The highest BCUT2D eigenvalue weighted by Gasteiger charge is 2.35. The van der Waals surface area contributed by atoms with E-state index in [0.29, 0.717) is 5.76 Å². The lowest BCUT2D eigenvalue weighted by atomic mass is 9.81. The molecule has 1 aromatic carbocycles. The Balaban J connectivity index is 2.09. The Kier molecular flexibility index (Phi) is 3.42.